The Morgan fingerprint density at radius 1 is 1.42 bits per heavy atom. The van der Waals surface area contributed by atoms with Gasteiger partial charge in [-0.25, -0.2) is 0 Å². The van der Waals surface area contributed by atoms with Crippen LogP contribution in [0.2, 0.25) is 0 Å². The van der Waals surface area contributed by atoms with Crippen molar-refractivity contribution in [1.29, 1.82) is 0 Å². The third-order valence-electron chi connectivity index (χ3n) is 1.38. The van der Waals surface area contributed by atoms with Crippen LogP contribution in [0.5, 0.6) is 0 Å². The molecular formula is C9H18O2S. The molecule has 1 unspecified atom stereocenters. The molecule has 0 aromatic heterocycles. The van der Waals surface area contributed by atoms with Crippen LogP contribution in [0.15, 0.2) is 0 Å². The molecule has 3 heteroatoms. The van der Waals surface area contributed by atoms with Crippen LogP contribution in [0.1, 0.15) is 20.8 Å². The highest BCUT2D eigenvalue weighted by molar-refractivity contribution is 7.98. The summed E-state index contributed by atoms with van der Waals surface area (Å²) in [6, 6.07) is 0. The molecule has 0 aliphatic heterocycles. The van der Waals surface area contributed by atoms with Gasteiger partial charge in [0, 0.05) is 5.75 Å². The molecule has 0 rings (SSSR count). The summed E-state index contributed by atoms with van der Waals surface area (Å²) in [6.45, 7) is 6.51. The molecule has 0 aromatic carbocycles. The van der Waals surface area contributed by atoms with E-state index in [1.165, 1.54) is 0 Å². The van der Waals surface area contributed by atoms with Crippen LogP contribution >= 0.6 is 11.8 Å². The van der Waals surface area contributed by atoms with Crippen molar-refractivity contribution >= 4 is 17.7 Å². The van der Waals surface area contributed by atoms with Gasteiger partial charge in [-0.1, -0.05) is 20.8 Å². The first-order valence-electron chi connectivity index (χ1n) is 4.23. The van der Waals surface area contributed by atoms with Crippen LogP contribution in [0.3, 0.4) is 0 Å². The molecule has 0 aliphatic rings. The maximum absolute atomic E-state index is 11.2. The lowest BCUT2D eigenvalue weighted by Gasteiger charge is -2.11. The van der Waals surface area contributed by atoms with Gasteiger partial charge in [-0.15, -0.1) is 0 Å². The first-order valence-corrected chi connectivity index (χ1v) is 5.62. The van der Waals surface area contributed by atoms with Crippen LogP contribution in [0.4, 0.5) is 0 Å². The highest BCUT2D eigenvalue weighted by atomic mass is 32.2. The molecule has 0 saturated heterocycles. The Hall–Kier alpha value is -0.180. The van der Waals surface area contributed by atoms with Gasteiger partial charge < -0.3 is 4.74 Å². The maximum Gasteiger partial charge on any atom is 0.309 e. The van der Waals surface area contributed by atoms with E-state index < -0.39 is 0 Å². The summed E-state index contributed by atoms with van der Waals surface area (Å²) in [5.41, 5.74) is 0. The van der Waals surface area contributed by atoms with Crippen LogP contribution in [-0.4, -0.2) is 24.6 Å². The average molecular weight is 190 g/mol. The minimum absolute atomic E-state index is 0.0266. The van der Waals surface area contributed by atoms with Gasteiger partial charge in [0.1, 0.15) is 0 Å². The summed E-state index contributed by atoms with van der Waals surface area (Å²) in [5.74, 6) is 1.23. The van der Waals surface area contributed by atoms with E-state index in [0.29, 0.717) is 12.5 Å². The lowest BCUT2D eigenvalue weighted by Crippen LogP contribution is -2.19. The Balaban J connectivity index is 3.57. The van der Waals surface area contributed by atoms with Crippen molar-refractivity contribution in [1.82, 2.24) is 0 Å². The number of ether oxygens (including phenoxy) is 1. The van der Waals surface area contributed by atoms with Crippen LogP contribution < -0.4 is 0 Å². The molecule has 1 atom stereocenters. The smallest absolute Gasteiger partial charge is 0.309 e. The second-order valence-electron chi connectivity index (χ2n) is 3.38. The number of rotatable bonds is 5. The fourth-order valence-electron chi connectivity index (χ4n) is 0.709. The predicted octanol–water partition coefficient (Wildman–Crippen LogP) is 2.18. The monoisotopic (exact) mass is 190 g/mol. The van der Waals surface area contributed by atoms with E-state index in [9.17, 15) is 4.79 Å². The third-order valence-corrected chi connectivity index (χ3v) is 2.21. The number of thioether (sulfide) groups is 1. The van der Waals surface area contributed by atoms with Crippen LogP contribution in [0, 0.1) is 11.8 Å². The van der Waals surface area contributed by atoms with Gasteiger partial charge in [0.25, 0.3) is 0 Å². The van der Waals surface area contributed by atoms with E-state index in [0.717, 1.165) is 5.75 Å². The standard InChI is InChI=1S/C9H18O2S/c1-7(2)5-11-9(10)8(3)6-12-4/h7-8H,5-6H2,1-4H3. The first kappa shape index (κ1) is 11.8. The fraction of sp³-hybridized carbons (Fsp3) is 0.889. The lowest BCUT2D eigenvalue weighted by molar-refractivity contribution is -0.148. The predicted molar refractivity (Wildman–Crippen MR) is 53.3 cm³/mol. The zero-order valence-corrected chi connectivity index (χ0v) is 9.11. The van der Waals surface area contributed by atoms with Gasteiger partial charge >= 0.3 is 5.97 Å². The zero-order valence-electron chi connectivity index (χ0n) is 8.29. The van der Waals surface area contributed by atoms with Crippen LogP contribution in [-0.2, 0) is 9.53 Å². The highest BCUT2D eigenvalue weighted by Crippen LogP contribution is 2.07. The Labute approximate surface area is 79.1 Å². The van der Waals surface area contributed by atoms with Gasteiger partial charge in [0.2, 0.25) is 0 Å². The molecule has 0 spiro atoms. The Morgan fingerprint density at radius 3 is 2.42 bits per heavy atom. The van der Waals surface area contributed by atoms with Gasteiger partial charge in [-0.3, -0.25) is 4.79 Å². The number of carbonyl (C=O) groups is 1. The zero-order chi connectivity index (χ0) is 9.56. The lowest BCUT2D eigenvalue weighted by atomic mass is 10.2. The molecule has 72 valence electrons. The normalized spacial score (nSPS) is 13.1. The molecule has 12 heavy (non-hydrogen) atoms. The van der Waals surface area contributed by atoms with Crippen LogP contribution in [0.25, 0.3) is 0 Å². The topological polar surface area (TPSA) is 26.3 Å². The minimum atomic E-state index is -0.0712. The largest absolute Gasteiger partial charge is 0.465 e. The number of carbonyl (C=O) groups excluding carboxylic acids is 1. The third kappa shape index (κ3) is 5.47. The van der Waals surface area contributed by atoms with Gasteiger partial charge in [0.05, 0.1) is 12.5 Å². The van der Waals surface area contributed by atoms with E-state index in [-0.39, 0.29) is 11.9 Å². The summed E-state index contributed by atoms with van der Waals surface area (Å²) in [7, 11) is 0. The molecule has 0 N–H and O–H groups in total. The SMILES string of the molecule is CSCC(C)C(=O)OCC(C)C. The second kappa shape index (κ2) is 6.35. The number of hydrogen-bond acceptors (Lipinski definition) is 3. The van der Waals surface area contributed by atoms with Gasteiger partial charge in [0.15, 0.2) is 0 Å². The highest BCUT2D eigenvalue weighted by Gasteiger charge is 2.13. The summed E-state index contributed by atoms with van der Waals surface area (Å²) in [5, 5.41) is 0. The second-order valence-corrected chi connectivity index (χ2v) is 4.29. The van der Waals surface area contributed by atoms with E-state index in [1.54, 1.807) is 11.8 Å². The summed E-state index contributed by atoms with van der Waals surface area (Å²) >= 11 is 1.67. The minimum Gasteiger partial charge on any atom is -0.465 e. The summed E-state index contributed by atoms with van der Waals surface area (Å²) < 4.78 is 5.07. The molecule has 2 nitrogen and oxygen atoms in total. The average Bonchev–Trinajstić information content (AvgIpc) is 2.00. The van der Waals surface area contributed by atoms with E-state index in [2.05, 4.69) is 0 Å². The van der Waals surface area contributed by atoms with E-state index in [4.69, 9.17) is 4.74 Å². The van der Waals surface area contributed by atoms with Crippen molar-refractivity contribution in [3.8, 4) is 0 Å². The van der Waals surface area contributed by atoms with Crippen molar-refractivity contribution < 1.29 is 9.53 Å². The fourth-order valence-corrected chi connectivity index (χ4v) is 1.35. The summed E-state index contributed by atoms with van der Waals surface area (Å²) in [6.07, 6.45) is 1.99. The molecule has 0 fully saturated rings. The molecule has 0 heterocycles. The molecule has 0 bridgehead atoms. The number of esters is 1. The van der Waals surface area contributed by atoms with Gasteiger partial charge in [-0.2, -0.15) is 11.8 Å². The molecule has 0 aliphatic carbocycles. The molecule has 0 radical (unpaired) electrons. The quantitative estimate of drug-likeness (QED) is 0.622. The molecule has 0 amide bonds. The Kier molecular flexibility index (Phi) is 6.25. The summed E-state index contributed by atoms with van der Waals surface area (Å²) in [4.78, 5) is 11.2. The Bertz CT molecular complexity index is 134. The Morgan fingerprint density at radius 2 is 2.00 bits per heavy atom. The van der Waals surface area contributed by atoms with Crippen molar-refractivity contribution in [3.05, 3.63) is 0 Å². The molecule has 0 saturated carbocycles. The van der Waals surface area contributed by atoms with Crippen molar-refractivity contribution in [3.63, 3.8) is 0 Å². The van der Waals surface area contributed by atoms with Crippen molar-refractivity contribution in [2.24, 2.45) is 11.8 Å². The molecule has 0 aromatic rings. The maximum atomic E-state index is 11.2. The first-order chi connectivity index (χ1) is 5.57. The van der Waals surface area contributed by atoms with Gasteiger partial charge in [-0.05, 0) is 12.2 Å². The number of hydrogen-bond donors (Lipinski definition) is 0. The van der Waals surface area contributed by atoms with Crippen molar-refractivity contribution in [2.45, 2.75) is 20.8 Å². The molecular weight excluding hydrogens is 172 g/mol. The van der Waals surface area contributed by atoms with E-state index >= 15 is 0 Å². The van der Waals surface area contributed by atoms with E-state index in [1.807, 2.05) is 27.0 Å². The van der Waals surface area contributed by atoms with Crippen molar-refractivity contribution in [2.75, 3.05) is 18.6 Å².